The summed E-state index contributed by atoms with van der Waals surface area (Å²) in [6.45, 7) is 12.2. The molecular weight excluding hydrogens is 260 g/mol. The maximum Gasteiger partial charge on any atom is 0.119 e. The Morgan fingerprint density at radius 1 is 1.24 bits per heavy atom. The number of aryl methyl sites for hydroxylation is 1. The number of benzene rings is 1. The average molecular weight is 290 g/mol. The van der Waals surface area contributed by atoms with Gasteiger partial charge in [0.2, 0.25) is 0 Å². The van der Waals surface area contributed by atoms with E-state index in [1.165, 1.54) is 25.1 Å². The van der Waals surface area contributed by atoms with E-state index in [1.54, 1.807) is 0 Å². The lowest BCUT2D eigenvalue weighted by Gasteiger charge is -2.38. The second kappa shape index (κ2) is 8.40. The Morgan fingerprint density at radius 2 is 2.00 bits per heavy atom. The zero-order valence-corrected chi connectivity index (χ0v) is 13.8. The molecule has 0 aromatic heterocycles. The highest BCUT2D eigenvalue weighted by molar-refractivity contribution is 5.26. The van der Waals surface area contributed by atoms with Crippen LogP contribution in [0, 0.1) is 12.8 Å². The van der Waals surface area contributed by atoms with Crippen LogP contribution in [0.5, 0.6) is 5.75 Å². The van der Waals surface area contributed by atoms with Crippen LogP contribution < -0.4 is 10.1 Å². The van der Waals surface area contributed by atoms with Gasteiger partial charge in [0.05, 0.1) is 6.61 Å². The smallest absolute Gasteiger partial charge is 0.119 e. The highest BCUT2D eigenvalue weighted by Crippen LogP contribution is 2.14. The third kappa shape index (κ3) is 5.33. The van der Waals surface area contributed by atoms with E-state index in [2.05, 4.69) is 55.3 Å². The van der Waals surface area contributed by atoms with Crippen LogP contribution in [0.15, 0.2) is 24.3 Å². The van der Waals surface area contributed by atoms with Gasteiger partial charge >= 0.3 is 0 Å². The summed E-state index contributed by atoms with van der Waals surface area (Å²) in [6.07, 6.45) is 2.34. The fourth-order valence-corrected chi connectivity index (χ4v) is 2.94. The zero-order chi connectivity index (χ0) is 15.1. The van der Waals surface area contributed by atoms with E-state index in [9.17, 15) is 0 Å². The average Bonchev–Trinajstić information content (AvgIpc) is 2.49. The molecular formula is C18H30N2O. The first-order valence-corrected chi connectivity index (χ1v) is 8.31. The Hall–Kier alpha value is -1.06. The molecule has 1 fully saturated rings. The molecule has 1 aromatic carbocycles. The van der Waals surface area contributed by atoms with Crippen LogP contribution in [0.3, 0.4) is 0 Å². The third-order valence-electron chi connectivity index (χ3n) is 4.30. The van der Waals surface area contributed by atoms with Crippen molar-refractivity contribution in [3.05, 3.63) is 29.8 Å². The van der Waals surface area contributed by atoms with Crippen LogP contribution in [0.1, 0.15) is 32.3 Å². The minimum atomic E-state index is 0.691. The number of unbranched alkanes of at least 4 members (excludes halogenated alkanes) is 1. The van der Waals surface area contributed by atoms with Crippen molar-refractivity contribution in [3.8, 4) is 5.75 Å². The third-order valence-corrected chi connectivity index (χ3v) is 4.30. The first-order valence-electron chi connectivity index (χ1n) is 8.31. The van der Waals surface area contributed by atoms with Gasteiger partial charge in [-0.05, 0) is 44.4 Å². The minimum Gasteiger partial charge on any atom is -0.494 e. The van der Waals surface area contributed by atoms with E-state index in [0.29, 0.717) is 6.04 Å². The van der Waals surface area contributed by atoms with Crippen molar-refractivity contribution >= 4 is 0 Å². The first kappa shape index (κ1) is 16.3. The number of ether oxygens (including phenoxy) is 1. The molecule has 0 amide bonds. The van der Waals surface area contributed by atoms with Gasteiger partial charge in [-0.25, -0.2) is 0 Å². The molecule has 0 radical (unpaired) electrons. The van der Waals surface area contributed by atoms with Crippen molar-refractivity contribution in [1.29, 1.82) is 0 Å². The summed E-state index contributed by atoms with van der Waals surface area (Å²) >= 11 is 0. The van der Waals surface area contributed by atoms with Crippen LogP contribution in [0.2, 0.25) is 0 Å². The first-order chi connectivity index (χ1) is 10.2. The summed E-state index contributed by atoms with van der Waals surface area (Å²) in [7, 11) is 0. The molecule has 3 nitrogen and oxygen atoms in total. The number of hydrogen-bond donors (Lipinski definition) is 1. The molecule has 1 heterocycles. The molecule has 1 unspecified atom stereocenters. The second-order valence-electron chi connectivity index (χ2n) is 6.42. The standard InChI is InChI=1S/C18H30N2O/c1-15(2)18-14-19-10-12-20(18)11-4-5-13-21-17-8-6-16(3)7-9-17/h6-9,15,18-19H,4-5,10-14H2,1-3H3. The molecule has 21 heavy (non-hydrogen) atoms. The van der Waals surface area contributed by atoms with Crippen molar-refractivity contribution in [2.75, 3.05) is 32.8 Å². The van der Waals surface area contributed by atoms with Crippen LogP contribution in [0.4, 0.5) is 0 Å². The predicted molar refractivity (Wildman–Crippen MR) is 89.0 cm³/mol. The SMILES string of the molecule is Cc1ccc(OCCCCN2CCNCC2C(C)C)cc1. The molecule has 1 N–H and O–H groups in total. The van der Waals surface area contributed by atoms with Crippen LogP contribution in [-0.4, -0.2) is 43.7 Å². The monoisotopic (exact) mass is 290 g/mol. The van der Waals surface area contributed by atoms with Gasteiger partial charge in [0.1, 0.15) is 5.75 Å². The summed E-state index contributed by atoms with van der Waals surface area (Å²) in [5, 5.41) is 3.51. The second-order valence-corrected chi connectivity index (χ2v) is 6.42. The van der Waals surface area contributed by atoms with Crippen LogP contribution in [0.25, 0.3) is 0 Å². The number of nitrogens with zero attached hydrogens (tertiary/aromatic N) is 1. The molecule has 1 aliphatic rings. The number of nitrogens with one attached hydrogen (secondary N) is 1. The van der Waals surface area contributed by atoms with E-state index >= 15 is 0 Å². The molecule has 1 saturated heterocycles. The predicted octanol–water partition coefficient (Wildman–Crippen LogP) is 3.08. The molecule has 1 atom stereocenters. The summed E-state index contributed by atoms with van der Waals surface area (Å²) in [4.78, 5) is 2.65. The molecule has 3 heteroatoms. The van der Waals surface area contributed by atoms with Crippen LogP contribution >= 0.6 is 0 Å². The highest BCUT2D eigenvalue weighted by Gasteiger charge is 2.23. The van der Waals surface area contributed by atoms with Crippen molar-refractivity contribution in [1.82, 2.24) is 10.2 Å². The topological polar surface area (TPSA) is 24.5 Å². The van der Waals surface area contributed by atoms with Crippen LogP contribution in [-0.2, 0) is 0 Å². The van der Waals surface area contributed by atoms with Crippen molar-refractivity contribution in [3.63, 3.8) is 0 Å². The molecule has 0 spiro atoms. The summed E-state index contributed by atoms with van der Waals surface area (Å²) in [5.41, 5.74) is 1.28. The lowest BCUT2D eigenvalue weighted by molar-refractivity contribution is 0.120. The van der Waals surface area contributed by atoms with E-state index in [-0.39, 0.29) is 0 Å². The Bertz CT molecular complexity index is 402. The largest absolute Gasteiger partial charge is 0.494 e. The van der Waals surface area contributed by atoms with E-state index in [0.717, 1.165) is 37.8 Å². The van der Waals surface area contributed by atoms with Gasteiger partial charge in [-0.15, -0.1) is 0 Å². The highest BCUT2D eigenvalue weighted by atomic mass is 16.5. The quantitative estimate of drug-likeness (QED) is 0.781. The fourth-order valence-electron chi connectivity index (χ4n) is 2.94. The molecule has 118 valence electrons. The van der Waals surface area contributed by atoms with Gasteiger partial charge in [-0.1, -0.05) is 31.5 Å². The van der Waals surface area contributed by atoms with E-state index in [4.69, 9.17) is 4.74 Å². The Morgan fingerprint density at radius 3 is 2.71 bits per heavy atom. The lowest BCUT2D eigenvalue weighted by Crippen LogP contribution is -2.53. The molecule has 0 saturated carbocycles. The number of rotatable bonds is 7. The van der Waals surface area contributed by atoms with Gasteiger partial charge in [0.15, 0.2) is 0 Å². The summed E-state index contributed by atoms with van der Waals surface area (Å²) in [6, 6.07) is 9.00. The van der Waals surface area contributed by atoms with Crippen molar-refractivity contribution in [2.45, 2.75) is 39.7 Å². The minimum absolute atomic E-state index is 0.691. The van der Waals surface area contributed by atoms with Gasteiger partial charge < -0.3 is 10.1 Å². The summed E-state index contributed by atoms with van der Waals surface area (Å²) in [5.74, 6) is 1.71. The molecule has 1 aliphatic heterocycles. The van der Waals surface area contributed by atoms with E-state index in [1.807, 2.05) is 0 Å². The van der Waals surface area contributed by atoms with Gasteiger partial charge in [-0.3, -0.25) is 4.90 Å². The van der Waals surface area contributed by atoms with Gasteiger partial charge in [0, 0.05) is 25.7 Å². The van der Waals surface area contributed by atoms with Crippen molar-refractivity contribution < 1.29 is 4.74 Å². The van der Waals surface area contributed by atoms with Gasteiger partial charge in [-0.2, -0.15) is 0 Å². The molecule has 2 rings (SSSR count). The maximum atomic E-state index is 5.79. The number of piperazine rings is 1. The Labute approximate surface area is 129 Å². The normalized spacial score (nSPS) is 19.9. The molecule has 1 aromatic rings. The Balaban J connectivity index is 1.63. The summed E-state index contributed by atoms with van der Waals surface area (Å²) < 4.78 is 5.79. The van der Waals surface area contributed by atoms with Gasteiger partial charge in [0.25, 0.3) is 0 Å². The zero-order valence-electron chi connectivity index (χ0n) is 13.8. The Kier molecular flexibility index (Phi) is 6.52. The molecule has 0 bridgehead atoms. The molecule has 0 aliphatic carbocycles. The fraction of sp³-hybridized carbons (Fsp3) is 0.667. The van der Waals surface area contributed by atoms with E-state index < -0.39 is 0 Å². The van der Waals surface area contributed by atoms with Crippen molar-refractivity contribution in [2.24, 2.45) is 5.92 Å². The maximum absolute atomic E-state index is 5.79. The number of hydrogen-bond acceptors (Lipinski definition) is 3. The lowest BCUT2D eigenvalue weighted by atomic mass is 10.0.